The van der Waals surface area contributed by atoms with Gasteiger partial charge in [-0.25, -0.2) is 8.42 Å². The summed E-state index contributed by atoms with van der Waals surface area (Å²) in [5, 5.41) is 2.89. The van der Waals surface area contributed by atoms with E-state index in [-0.39, 0.29) is 17.3 Å². The lowest BCUT2D eigenvalue weighted by atomic mass is 9.95. The highest BCUT2D eigenvalue weighted by Crippen LogP contribution is 2.30. The Morgan fingerprint density at radius 1 is 0.867 bits per heavy atom. The summed E-state index contributed by atoms with van der Waals surface area (Å²) in [6, 6.07) is 21.1. The average molecular weight is 421 g/mol. The van der Waals surface area contributed by atoms with E-state index in [0.29, 0.717) is 12.1 Å². The van der Waals surface area contributed by atoms with Crippen LogP contribution < -0.4 is 5.32 Å². The first-order chi connectivity index (χ1) is 14.3. The monoisotopic (exact) mass is 420 g/mol. The average Bonchev–Trinajstić information content (AvgIpc) is 2.74. The van der Waals surface area contributed by atoms with Crippen LogP contribution in [-0.2, 0) is 27.8 Å². The van der Waals surface area contributed by atoms with Gasteiger partial charge in [-0.3, -0.25) is 4.79 Å². The van der Waals surface area contributed by atoms with Gasteiger partial charge < -0.3 is 5.32 Å². The molecule has 3 aromatic carbocycles. The summed E-state index contributed by atoms with van der Waals surface area (Å²) in [7, 11) is -3.84. The summed E-state index contributed by atoms with van der Waals surface area (Å²) in [6.45, 7) is 4.04. The summed E-state index contributed by atoms with van der Waals surface area (Å²) in [4.78, 5) is 13.4. The van der Waals surface area contributed by atoms with Crippen molar-refractivity contribution in [2.24, 2.45) is 0 Å². The highest BCUT2D eigenvalue weighted by Gasteiger charge is 2.39. The molecule has 5 nitrogen and oxygen atoms in total. The van der Waals surface area contributed by atoms with Gasteiger partial charge in [0.1, 0.15) is 6.04 Å². The molecule has 1 N–H and O–H groups in total. The molecule has 0 unspecified atom stereocenters. The second-order valence-corrected chi connectivity index (χ2v) is 9.60. The Morgan fingerprint density at radius 3 is 2.07 bits per heavy atom. The minimum atomic E-state index is -3.84. The first-order valence-corrected chi connectivity index (χ1v) is 11.3. The number of anilines is 1. The summed E-state index contributed by atoms with van der Waals surface area (Å²) in [5.41, 5.74) is 4.64. The number of sulfonamides is 1. The second-order valence-electron chi connectivity index (χ2n) is 7.71. The Balaban J connectivity index is 1.70. The Morgan fingerprint density at radius 2 is 1.43 bits per heavy atom. The van der Waals surface area contributed by atoms with Crippen molar-refractivity contribution in [1.29, 1.82) is 0 Å². The lowest BCUT2D eigenvalue weighted by Gasteiger charge is -2.35. The summed E-state index contributed by atoms with van der Waals surface area (Å²) < 4.78 is 28.3. The Kier molecular flexibility index (Phi) is 5.45. The van der Waals surface area contributed by atoms with Crippen LogP contribution in [0.2, 0.25) is 0 Å². The summed E-state index contributed by atoms with van der Waals surface area (Å²) in [6.07, 6.45) is 0.332. The molecule has 0 fully saturated rings. The van der Waals surface area contributed by atoms with E-state index in [1.165, 1.54) is 4.31 Å². The third kappa shape index (κ3) is 4.01. The van der Waals surface area contributed by atoms with Crippen molar-refractivity contribution < 1.29 is 13.2 Å². The topological polar surface area (TPSA) is 66.5 Å². The van der Waals surface area contributed by atoms with Crippen molar-refractivity contribution in [3.05, 3.63) is 95.1 Å². The van der Waals surface area contributed by atoms with Crippen molar-refractivity contribution in [3.63, 3.8) is 0 Å². The molecule has 0 aromatic heterocycles. The van der Waals surface area contributed by atoms with Crippen molar-refractivity contribution in [2.45, 2.75) is 37.8 Å². The van der Waals surface area contributed by atoms with E-state index in [1.807, 2.05) is 62.4 Å². The van der Waals surface area contributed by atoms with E-state index in [0.717, 1.165) is 22.3 Å². The third-order valence-corrected chi connectivity index (χ3v) is 7.32. The highest BCUT2D eigenvalue weighted by atomic mass is 32.2. The van der Waals surface area contributed by atoms with Crippen LogP contribution in [0.4, 0.5) is 5.69 Å². The van der Waals surface area contributed by atoms with Crippen LogP contribution in [0.5, 0.6) is 0 Å². The van der Waals surface area contributed by atoms with Crippen LogP contribution in [0.15, 0.2) is 77.7 Å². The number of carbonyl (C=O) groups excluding carboxylic acids is 1. The van der Waals surface area contributed by atoms with Gasteiger partial charge in [-0.05, 0) is 55.7 Å². The van der Waals surface area contributed by atoms with Crippen LogP contribution >= 0.6 is 0 Å². The number of nitrogens with zero attached hydrogens (tertiary/aromatic N) is 1. The van der Waals surface area contributed by atoms with Gasteiger partial charge in [-0.15, -0.1) is 0 Å². The van der Waals surface area contributed by atoms with Gasteiger partial charge in [0.2, 0.25) is 15.9 Å². The molecule has 4 rings (SSSR count). The molecule has 0 aliphatic carbocycles. The zero-order chi connectivity index (χ0) is 21.3. The molecule has 1 atom stereocenters. The van der Waals surface area contributed by atoms with Crippen molar-refractivity contribution >= 4 is 21.6 Å². The number of benzene rings is 3. The molecule has 1 heterocycles. The number of amides is 1. The molecule has 3 aromatic rings. The molecule has 1 aliphatic heterocycles. The van der Waals surface area contributed by atoms with Gasteiger partial charge in [0, 0.05) is 12.2 Å². The molecule has 0 saturated carbocycles. The molecule has 1 amide bonds. The predicted octanol–water partition coefficient (Wildman–Crippen LogP) is 4.06. The first kappa shape index (κ1) is 20.3. The number of fused-ring (bicyclic) bond motifs is 1. The molecule has 30 heavy (non-hydrogen) atoms. The number of hydrogen-bond acceptors (Lipinski definition) is 3. The number of nitrogens with one attached hydrogen (secondary N) is 1. The maximum atomic E-state index is 13.5. The minimum Gasteiger partial charge on any atom is -0.325 e. The molecule has 1 aliphatic rings. The van der Waals surface area contributed by atoms with Gasteiger partial charge >= 0.3 is 0 Å². The van der Waals surface area contributed by atoms with Crippen LogP contribution in [-0.4, -0.2) is 24.7 Å². The van der Waals surface area contributed by atoms with E-state index in [2.05, 4.69) is 5.32 Å². The van der Waals surface area contributed by atoms with Crippen molar-refractivity contribution in [3.8, 4) is 0 Å². The number of hydrogen-bond donors (Lipinski definition) is 1. The van der Waals surface area contributed by atoms with Crippen molar-refractivity contribution in [1.82, 2.24) is 4.31 Å². The van der Waals surface area contributed by atoms with E-state index >= 15 is 0 Å². The fourth-order valence-corrected chi connectivity index (χ4v) is 5.25. The smallest absolute Gasteiger partial charge is 0.244 e. The number of rotatable bonds is 4. The second kappa shape index (κ2) is 8.05. The van der Waals surface area contributed by atoms with Gasteiger partial charge in [-0.1, -0.05) is 59.7 Å². The largest absolute Gasteiger partial charge is 0.325 e. The van der Waals surface area contributed by atoms with Crippen LogP contribution in [0, 0.1) is 13.8 Å². The van der Waals surface area contributed by atoms with Crippen molar-refractivity contribution in [2.75, 3.05) is 5.32 Å². The Labute approximate surface area is 177 Å². The fraction of sp³-hybridized carbons (Fsp3) is 0.208. The quantitative estimate of drug-likeness (QED) is 0.692. The molecule has 6 heteroatoms. The zero-order valence-corrected chi connectivity index (χ0v) is 17.8. The standard InChI is InChI=1S/C24H24N2O3S/c1-17-7-11-21(12-8-17)25-24(27)23-15-19-5-3-4-6-20(19)16-26(23)30(28,29)22-13-9-18(2)10-14-22/h3-14,23H,15-16H2,1-2H3,(H,25,27)/t23-/m1/s1. The summed E-state index contributed by atoms with van der Waals surface area (Å²) in [5.74, 6) is -0.330. The SMILES string of the molecule is Cc1ccc(NC(=O)[C@H]2Cc3ccccc3CN2S(=O)(=O)c2ccc(C)cc2)cc1. The Bertz CT molecular complexity index is 1170. The molecule has 154 valence electrons. The molecule has 0 spiro atoms. The van der Waals surface area contributed by atoms with Crippen LogP contribution in [0.3, 0.4) is 0 Å². The molecular formula is C24H24N2O3S. The van der Waals surface area contributed by atoms with Gasteiger partial charge in [0.15, 0.2) is 0 Å². The highest BCUT2D eigenvalue weighted by molar-refractivity contribution is 7.89. The number of aryl methyl sites for hydroxylation is 2. The van der Waals surface area contributed by atoms with Gasteiger partial charge in [0.25, 0.3) is 0 Å². The lowest BCUT2D eigenvalue weighted by molar-refractivity contribution is -0.120. The predicted molar refractivity (Wildman–Crippen MR) is 118 cm³/mol. The summed E-state index contributed by atoms with van der Waals surface area (Å²) >= 11 is 0. The number of carbonyl (C=O) groups is 1. The lowest BCUT2D eigenvalue weighted by Crippen LogP contribution is -2.50. The minimum absolute atomic E-state index is 0.165. The maximum Gasteiger partial charge on any atom is 0.244 e. The van der Waals surface area contributed by atoms with Crippen LogP contribution in [0.1, 0.15) is 22.3 Å². The van der Waals surface area contributed by atoms with E-state index in [4.69, 9.17) is 0 Å². The van der Waals surface area contributed by atoms with Crippen LogP contribution in [0.25, 0.3) is 0 Å². The third-order valence-electron chi connectivity index (χ3n) is 5.45. The Hall–Kier alpha value is -2.96. The van der Waals surface area contributed by atoms with Gasteiger partial charge in [0.05, 0.1) is 4.90 Å². The molecular weight excluding hydrogens is 396 g/mol. The maximum absolute atomic E-state index is 13.5. The zero-order valence-electron chi connectivity index (χ0n) is 17.0. The first-order valence-electron chi connectivity index (χ1n) is 9.87. The fourth-order valence-electron chi connectivity index (χ4n) is 3.68. The molecule has 0 radical (unpaired) electrons. The van der Waals surface area contributed by atoms with Gasteiger partial charge in [-0.2, -0.15) is 4.31 Å². The normalized spacial score (nSPS) is 16.7. The molecule has 0 bridgehead atoms. The van der Waals surface area contributed by atoms with E-state index < -0.39 is 16.1 Å². The molecule has 0 saturated heterocycles. The van der Waals surface area contributed by atoms with E-state index in [9.17, 15) is 13.2 Å². The van der Waals surface area contributed by atoms with E-state index in [1.54, 1.807) is 24.3 Å².